The first-order valence-electron chi connectivity index (χ1n) is 5.18. The Morgan fingerprint density at radius 2 is 2.22 bits per heavy atom. The van der Waals surface area contributed by atoms with Gasteiger partial charge in [-0.05, 0) is 12.3 Å². The van der Waals surface area contributed by atoms with Crippen LogP contribution in [-0.4, -0.2) is 30.5 Å². The van der Waals surface area contributed by atoms with Gasteiger partial charge in [0.2, 0.25) is 10.0 Å². The van der Waals surface area contributed by atoms with Crippen LogP contribution in [0.4, 0.5) is 5.13 Å². The Hall–Kier alpha value is -1.19. The van der Waals surface area contributed by atoms with Gasteiger partial charge in [0.15, 0.2) is 9.34 Å². The smallest absolute Gasteiger partial charge is 0.326 e. The summed E-state index contributed by atoms with van der Waals surface area (Å²) < 4.78 is 22.0. The van der Waals surface area contributed by atoms with Gasteiger partial charge in [0.25, 0.3) is 0 Å². The third kappa shape index (κ3) is 4.24. The van der Waals surface area contributed by atoms with E-state index in [1.165, 1.54) is 0 Å². The molecular formula is C9H15N3O4S2. The molecule has 4 N–H and O–H groups in total. The van der Waals surface area contributed by atoms with E-state index in [9.17, 15) is 13.2 Å². The quantitative estimate of drug-likeness (QED) is 0.709. The fourth-order valence-corrected chi connectivity index (χ4v) is 2.80. The second-order valence-electron chi connectivity index (χ2n) is 4.19. The van der Waals surface area contributed by atoms with Gasteiger partial charge in [0, 0.05) is 0 Å². The van der Waals surface area contributed by atoms with Crippen LogP contribution in [0, 0.1) is 5.92 Å². The number of carboxylic acids is 1. The average molecular weight is 293 g/mol. The lowest BCUT2D eigenvalue weighted by molar-refractivity contribution is -0.138. The van der Waals surface area contributed by atoms with Crippen molar-refractivity contribution in [2.75, 3.05) is 5.32 Å². The second-order valence-corrected chi connectivity index (χ2v) is 7.01. The van der Waals surface area contributed by atoms with Gasteiger partial charge in [-0.25, -0.2) is 23.3 Å². The van der Waals surface area contributed by atoms with Crippen LogP contribution in [0.3, 0.4) is 0 Å². The van der Waals surface area contributed by atoms with Gasteiger partial charge in [0.05, 0.1) is 6.20 Å². The lowest BCUT2D eigenvalue weighted by Crippen LogP contribution is -2.30. The first kappa shape index (κ1) is 14.9. The zero-order valence-corrected chi connectivity index (χ0v) is 11.6. The number of nitrogens with one attached hydrogen (secondary N) is 1. The molecule has 0 amide bonds. The molecule has 0 aliphatic carbocycles. The van der Waals surface area contributed by atoms with Crippen LogP contribution >= 0.6 is 11.3 Å². The van der Waals surface area contributed by atoms with E-state index < -0.39 is 22.0 Å². The van der Waals surface area contributed by atoms with Crippen molar-refractivity contribution in [1.82, 2.24) is 4.98 Å². The molecule has 9 heteroatoms. The summed E-state index contributed by atoms with van der Waals surface area (Å²) in [6.45, 7) is 3.80. The highest BCUT2D eigenvalue weighted by Gasteiger charge is 2.21. The zero-order chi connectivity index (χ0) is 13.9. The molecule has 0 saturated carbocycles. The number of hydrogen-bond donors (Lipinski definition) is 3. The lowest BCUT2D eigenvalue weighted by Gasteiger charge is -2.15. The number of hydrogen-bond acceptors (Lipinski definition) is 6. The van der Waals surface area contributed by atoms with Crippen molar-refractivity contribution >= 4 is 32.5 Å². The Labute approximate surface area is 109 Å². The van der Waals surface area contributed by atoms with E-state index in [0.717, 1.165) is 17.5 Å². The summed E-state index contributed by atoms with van der Waals surface area (Å²) >= 11 is 0.814. The number of sulfonamides is 1. The number of carboxylic acid groups (broad SMARTS) is 1. The van der Waals surface area contributed by atoms with E-state index in [1.54, 1.807) is 0 Å². The first-order valence-corrected chi connectivity index (χ1v) is 7.54. The van der Waals surface area contributed by atoms with Crippen molar-refractivity contribution in [1.29, 1.82) is 0 Å². The molecule has 0 fully saturated rings. The van der Waals surface area contributed by atoms with Gasteiger partial charge >= 0.3 is 5.97 Å². The molecule has 1 rings (SSSR count). The van der Waals surface area contributed by atoms with Gasteiger partial charge in [-0.15, -0.1) is 0 Å². The Morgan fingerprint density at radius 3 is 2.61 bits per heavy atom. The summed E-state index contributed by atoms with van der Waals surface area (Å²) in [6.07, 6.45) is 1.52. The monoisotopic (exact) mass is 293 g/mol. The maximum atomic E-state index is 11.0. The number of thiazole rings is 1. The fourth-order valence-electron chi connectivity index (χ4n) is 1.30. The topological polar surface area (TPSA) is 122 Å². The third-order valence-corrected chi connectivity index (χ3v) is 4.40. The van der Waals surface area contributed by atoms with Gasteiger partial charge in [-0.2, -0.15) is 0 Å². The van der Waals surface area contributed by atoms with E-state index in [2.05, 4.69) is 10.3 Å². The third-order valence-electron chi connectivity index (χ3n) is 2.07. The van der Waals surface area contributed by atoms with Crippen molar-refractivity contribution in [2.45, 2.75) is 30.5 Å². The largest absolute Gasteiger partial charge is 0.480 e. The zero-order valence-electron chi connectivity index (χ0n) is 9.95. The molecular weight excluding hydrogens is 278 g/mol. The van der Waals surface area contributed by atoms with Crippen LogP contribution in [0.25, 0.3) is 0 Å². The van der Waals surface area contributed by atoms with Gasteiger partial charge in [0.1, 0.15) is 6.04 Å². The predicted molar refractivity (Wildman–Crippen MR) is 68.0 cm³/mol. The van der Waals surface area contributed by atoms with Gasteiger partial charge < -0.3 is 10.4 Å². The highest BCUT2D eigenvalue weighted by molar-refractivity contribution is 7.91. The molecule has 0 aliphatic heterocycles. The maximum absolute atomic E-state index is 11.0. The van der Waals surface area contributed by atoms with Crippen molar-refractivity contribution in [3.05, 3.63) is 6.20 Å². The minimum absolute atomic E-state index is 0.0984. The minimum Gasteiger partial charge on any atom is -0.480 e. The van der Waals surface area contributed by atoms with E-state index >= 15 is 0 Å². The number of carbonyl (C=O) groups is 1. The van der Waals surface area contributed by atoms with E-state index in [1.807, 2.05) is 13.8 Å². The predicted octanol–water partition coefficient (Wildman–Crippen LogP) is 0.702. The molecule has 0 aliphatic rings. The van der Waals surface area contributed by atoms with Crippen molar-refractivity contribution in [3.8, 4) is 0 Å². The number of primary sulfonamides is 1. The molecule has 1 atom stereocenters. The molecule has 0 saturated heterocycles. The van der Waals surface area contributed by atoms with Crippen LogP contribution in [0.5, 0.6) is 0 Å². The number of nitrogens with two attached hydrogens (primary N) is 1. The molecule has 1 heterocycles. The Morgan fingerprint density at radius 1 is 1.61 bits per heavy atom. The van der Waals surface area contributed by atoms with E-state index in [-0.39, 0.29) is 15.3 Å². The summed E-state index contributed by atoms with van der Waals surface area (Å²) in [5.74, 6) is -0.813. The summed E-state index contributed by atoms with van der Waals surface area (Å²) in [7, 11) is -3.79. The van der Waals surface area contributed by atoms with Crippen LogP contribution < -0.4 is 10.5 Å². The van der Waals surface area contributed by atoms with Crippen LogP contribution in [-0.2, 0) is 14.8 Å². The highest BCUT2D eigenvalue weighted by atomic mass is 32.2. The SMILES string of the molecule is CC(C)CC(Nc1ncc(S(N)(=O)=O)s1)C(=O)O. The normalized spacial score (nSPS) is 13.6. The Kier molecular flexibility index (Phi) is 4.65. The Bertz CT molecular complexity index is 524. The number of anilines is 1. The molecule has 18 heavy (non-hydrogen) atoms. The summed E-state index contributed by atoms with van der Waals surface area (Å²) in [5, 5.41) is 16.9. The van der Waals surface area contributed by atoms with Crippen molar-refractivity contribution in [2.24, 2.45) is 11.1 Å². The molecule has 1 unspecified atom stereocenters. The summed E-state index contributed by atoms with van der Waals surface area (Å²) in [5.41, 5.74) is 0. The van der Waals surface area contributed by atoms with E-state index in [0.29, 0.717) is 6.42 Å². The molecule has 1 aromatic heterocycles. The average Bonchev–Trinajstić information content (AvgIpc) is 2.63. The minimum atomic E-state index is -3.79. The van der Waals surface area contributed by atoms with Crippen LogP contribution in [0.15, 0.2) is 10.4 Å². The number of rotatable bonds is 6. The standard InChI is InChI=1S/C9H15N3O4S2/c1-5(2)3-6(8(13)14)12-9-11-4-7(17-9)18(10,15)16/h4-6H,3H2,1-2H3,(H,11,12)(H,13,14)(H2,10,15,16). The first-order chi connectivity index (χ1) is 8.20. The molecule has 0 spiro atoms. The van der Waals surface area contributed by atoms with Crippen molar-refractivity contribution < 1.29 is 18.3 Å². The second kappa shape index (κ2) is 5.63. The summed E-state index contributed by atoms with van der Waals surface area (Å²) in [6, 6.07) is -0.801. The van der Waals surface area contributed by atoms with Crippen LogP contribution in [0.1, 0.15) is 20.3 Å². The molecule has 0 aromatic carbocycles. The number of aromatic nitrogens is 1. The van der Waals surface area contributed by atoms with Crippen LogP contribution in [0.2, 0.25) is 0 Å². The van der Waals surface area contributed by atoms with Gasteiger partial charge in [-0.3, -0.25) is 0 Å². The number of aliphatic carboxylic acids is 1. The molecule has 0 bridgehead atoms. The van der Waals surface area contributed by atoms with E-state index in [4.69, 9.17) is 10.2 Å². The number of nitrogens with zero attached hydrogens (tertiary/aromatic N) is 1. The molecule has 7 nitrogen and oxygen atoms in total. The fraction of sp³-hybridized carbons (Fsp3) is 0.556. The van der Waals surface area contributed by atoms with Gasteiger partial charge in [-0.1, -0.05) is 25.2 Å². The molecule has 102 valence electrons. The maximum Gasteiger partial charge on any atom is 0.326 e. The Balaban J connectivity index is 2.82. The summed E-state index contributed by atoms with van der Waals surface area (Å²) in [4.78, 5) is 14.8. The lowest BCUT2D eigenvalue weighted by atomic mass is 10.0. The molecule has 0 radical (unpaired) electrons. The van der Waals surface area contributed by atoms with Crippen molar-refractivity contribution in [3.63, 3.8) is 0 Å². The highest BCUT2D eigenvalue weighted by Crippen LogP contribution is 2.23. The molecule has 1 aromatic rings.